The Morgan fingerprint density at radius 1 is 1.12 bits per heavy atom. The van der Waals surface area contributed by atoms with Crippen molar-refractivity contribution in [2.75, 3.05) is 7.11 Å². The van der Waals surface area contributed by atoms with Crippen molar-refractivity contribution in [3.8, 4) is 0 Å². The van der Waals surface area contributed by atoms with E-state index in [-0.39, 0.29) is 12.0 Å². The minimum atomic E-state index is -4.58. The highest BCUT2D eigenvalue weighted by Gasteiger charge is 2.43. The van der Waals surface area contributed by atoms with Gasteiger partial charge in [0.05, 0.1) is 7.11 Å². The van der Waals surface area contributed by atoms with Crippen molar-refractivity contribution in [3.63, 3.8) is 0 Å². The van der Waals surface area contributed by atoms with Crippen LogP contribution in [0.4, 0.5) is 13.2 Å². The lowest BCUT2D eigenvalue weighted by Gasteiger charge is -2.27. The van der Waals surface area contributed by atoms with E-state index >= 15 is 0 Å². The topological polar surface area (TPSA) is 38.3 Å². The number of esters is 1. The number of nitrogens with one attached hydrogen (secondary N) is 1. The lowest BCUT2D eigenvalue weighted by Crippen LogP contribution is -2.46. The van der Waals surface area contributed by atoms with Crippen LogP contribution in [0.1, 0.15) is 17.2 Å². The van der Waals surface area contributed by atoms with E-state index in [4.69, 9.17) is 11.6 Å². The van der Waals surface area contributed by atoms with E-state index in [0.717, 1.165) is 7.11 Å². The maximum absolute atomic E-state index is 13.5. The molecule has 2 rings (SSSR count). The number of ether oxygens (including phenoxy) is 1. The normalized spacial score (nSPS) is 14.0. The fourth-order valence-electron chi connectivity index (χ4n) is 2.46. The zero-order valence-electron chi connectivity index (χ0n) is 13.4. The summed E-state index contributed by atoms with van der Waals surface area (Å²) in [6.45, 7) is 0. The molecule has 0 fully saturated rings. The molecule has 2 aromatic rings. The second kappa shape index (κ2) is 8.36. The van der Waals surface area contributed by atoms with Crippen molar-refractivity contribution in [1.29, 1.82) is 0 Å². The summed E-state index contributed by atoms with van der Waals surface area (Å²) in [6.07, 6.45) is -4.60. The third-order valence-electron chi connectivity index (χ3n) is 3.70. The summed E-state index contributed by atoms with van der Waals surface area (Å²) in [5.41, 5.74) is 0.573. The number of halogens is 4. The number of rotatable bonds is 6. The highest BCUT2D eigenvalue weighted by molar-refractivity contribution is 6.31. The minimum Gasteiger partial charge on any atom is -0.468 e. The van der Waals surface area contributed by atoms with Gasteiger partial charge in [-0.3, -0.25) is 10.1 Å². The number of alkyl halides is 3. The molecule has 0 bridgehead atoms. The van der Waals surface area contributed by atoms with Gasteiger partial charge in [0.2, 0.25) is 0 Å². The zero-order chi connectivity index (χ0) is 18.4. The number of benzene rings is 2. The van der Waals surface area contributed by atoms with Gasteiger partial charge in [-0.05, 0) is 23.6 Å². The Balaban J connectivity index is 2.30. The fourth-order valence-corrected chi connectivity index (χ4v) is 2.68. The van der Waals surface area contributed by atoms with Gasteiger partial charge in [0.15, 0.2) is 0 Å². The van der Waals surface area contributed by atoms with Crippen LogP contribution >= 0.6 is 11.6 Å². The van der Waals surface area contributed by atoms with Crippen LogP contribution in [0.5, 0.6) is 0 Å². The van der Waals surface area contributed by atoms with Crippen molar-refractivity contribution in [2.45, 2.75) is 24.7 Å². The van der Waals surface area contributed by atoms with E-state index in [1.54, 1.807) is 30.3 Å². The Morgan fingerprint density at radius 2 is 1.72 bits per heavy atom. The predicted molar refractivity (Wildman–Crippen MR) is 89.3 cm³/mol. The van der Waals surface area contributed by atoms with Crippen molar-refractivity contribution >= 4 is 17.6 Å². The maximum Gasteiger partial charge on any atom is 0.407 e. The lowest BCUT2D eigenvalue weighted by atomic mass is 10.0. The molecule has 0 aliphatic heterocycles. The van der Waals surface area contributed by atoms with Crippen LogP contribution in [0.25, 0.3) is 0 Å². The van der Waals surface area contributed by atoms with Gasteiger partial charge in [-0.1, -0.05) is 60.1 Å². The predicted octanol–water partition coefficient (Wildman–Crippen LogP) is 4.32. The first kappa shape index (κ1) is 19.3. The van der Waals surface area contributed by atoms with E-state index in [9.17, 15) is 18.0 Å². The molecule has 0 amide bonds. The van der Waals surface area contributed by atoms with Crippen LogP contribution < -0.4 is 5.32 Å². The molecule has 0 radical (unpaired) electrons. The molecular formula is C18H17ClF3NO2. The number of carbonyl (C=O) groups is 1. The summed E-state index contributed by atoms with van der Waals surface area (Å²) < 4.78 is 45.2. The van der Waals surface area contributed by atoms with Gasteiger partial charge in [-0.2, -0.15) is 13.2 Å². The van der Waals surface area contributed by atoms with Gasteiger partial charge in [0, 0.05) is 5.02 Å². The molecule has 0 saturated carbocycles. The van der Waals surface area contributed by atoms with Gasteiger partial charge in [0.25, 0.3) is 0 Å². The smallest absolute Gasteiger partial charge is 0.407 e. The van der Waals surface area contributed by atoms with E-state index in [0.29, 0.717) is 10.6 Å². The molecule has 0 saturated heterocycles. The number of hydrogen-bond donors (Lipinski definition) is 1. The molecule has 2 aromatic carbocycles. The zero-order valence-corrected chi connectivity index (χ0v) is 14.1. The molecule has 1 unspecified atom stereocenters. The first-order valence-electron chi connectivity index (χ1n) is 7.52. The third kappa shape index (κ3) is 5.21. The van der Waals surface area contributed by atoms with Gasteiger partial charge in [-0.15, -0.1) is 0 Å². The molecule has 25 heavy (non-hydrogen) atoms. The second-order valence-corrected chi connectivity index (χ2v) is 5.83. The summed E-state index contributed by atoms with van der Waals surface area (Å²) in [5, 5.41) is 2.75. The summed E-state index contributed by atoms with van der Waals surface area (Å²) in [4.78, 5) is 12.0. The van der Waals surface area contributed by atoms with Crippen molar-refractivity contribution < 1.29 is 22.7 Å². The SMILES string of the molecule is COC(=O)[C@H](Cc1ccccc1Cl)NC(c1ccccc1)C(F)(F)F. The van der Waals surface area contributed by atoms with E-state index in [1.165, 1.54) is 24.3 Å². The standard InChI is InChI=1S/C18H17ClF3NO2/c1-25-17(24)15(11-13-9-5-6-10-14(13)19)23-16(18(20,21)22)12-7-3-2-4-8-12/h2-10,15-16,23H,11H2,1H3/t15-,16?/m0/s1. The molecule has 134 valence electrons. The van der Waals surface area contributed by atoms with Crippen molar-refractivity contribution in [2.24, 2.45) is 0 Å². The van der Waals surface area contributed by atoms with E-state index in [1.807, 2.05) is 0 Å². The van der Waals surface area contributed by atoms with Crippen LogP contribution in [0.15, 0.2) is 54.6 Å². The highest BCUT2D eigenvalue weighted by Crippen LogP contribution is 2.33. The molecule has 7 heteroatoms. The fraction of sp³-hybridized carbons (Fsp3) is 0.278. The van der Waals surface area contributed by atoms with Crippen LogP contribution in [-0.4, -0.2) is 25.3 Å². The number of methoxy groups -OCH3 is 1. The maximum atomic E-state index is 13.5. The van der Waals surface area contributed by atoms with Crippen LogP contribution in [0, 0.1) is 0 Å². The van der Waals surface area contributed by atoms with Gasteiger partial charge in [-0.25, -0.2) is 0 Å². The van der Waals surface area contributed by atoms with Crippen molar-refractivity contribution in [1.82, 2.24) is 5.32 Å². The minimum absolute atomic E-state index is 0.0167. The molecule has 0 aromatic heterocycles. The quantitative estimate of drug-likeness (QED) is 0.769. The number of carbonyl (C=O) groups excluding carboxylic acids is 1. The molecule has 0 aliphatic carbocycles. The third-order valence-corrected chi connectivity index (χ3v) is 4.06. The Labute approximate surface area is 148 Å². The van der Waals surface area contributed by atoms with Gasteiger partial charge in [0.1, 0.15) is 12.1 Å². The monoisotopic (exact) mass is 371 g/mol. The summed E-state index contributed by atoms with van der Waals surface area (Å²) in [5.74, 6) is -0.787. The lowest BCUT2D eigenvalue weighted by molar-refractivity contribution is -0.164. The van der Waals surface area contributed by atoms with E-state index < -0.39 is 24.2 Å². The average molecular weight is 372 g/mol. The summed E-state index contributed by atoms with van der Waals surface area (Å²) >= 11 is 6.06. The molecule has 0 heterocycles. The molecule has 2 atom stereocenters. The van der Waals surface area contributed by atoms with Gasteiger partial charge < -0.3 is 4.74 Å². The Morgan fingerprint density at radius 3 is 2.28 bits per heavy atom. The van der Waals surface area contributed by atoms with E-state index in [2.05, 4.69) is 10.1 Å². The molecule has 3 nitrogen and oxygen atoms in total. The first-order valence-corrected chi connectivity index (χ1v) is 7.89. The van der Waals surface area contributed by atoms with Crippen LogP contribution in [0.3, 0.4) is 0 Å². The Hall–Kier alpha value is -2.05. The average Bonchev–Trinajstić information content (AvgIpc) is 2.59. The second-order valence-electron chi connectivity index (χ2n) is 5.42. The summed E-state index contributed by atoms with van der Waals surface area (Å²) in [7, 11) is 1.13. The largest absolute Gasteiger partial charge is 0.468 e. The molecular weight excluding hydrogens is 355 g/mol. The summed E-state index contributed by atoms with van der Waals surface area (Å²) in [6, 6.07) is 10.8. The molecule has 0 aliphatic rings. The number of hydrogen-bond acceptors (Lipinski definition) is 3. The Bertz CT molecular complexity index is 707. The van der Waals surface area contributed by atoms with Crippen LogP contribution in [0.2, 0.25) is 5.02 Å². The highest BCUT2D eigenvalue weighted by atomic mass is 35.5. The van der Waals surface area contributed by atoms with Gasteiger partial charge >= 0.3 is 12.1 Å². The Kier molecular flexibility index (Phi) is 6.45. The molecule has 1 N–H and O–H groups in total. The van der Waals surface area contributed by atoms with Crippen LogP contribution in [-0.2, 0) is 16.0 Å². The first-order chi connectivity index (χ1) is 11.8. The molecule has 0 spiro atoms. The van der Waals surface area contributed by atoms with Crippen molar-refractivity contribution in [3.05, 3.63) is 70.7 Å².